The Morgan fingerprint density at radius 1 is 1.12 bits per heavy atom. The highest BCUT2D eigenvalue weighted by atomic mass is 14.5. The summed E-state index contributed by atoms with van der Waals surface area (Å²) in [6.07, 6.45) is 7.01. The number of hydrogen-bond acceptors (Lipinski definition) is 0. The Labute approximate surface area is 101 Å². The first-order valence-electron chi connectivity index (χ1n) is 7.08. The van der Waals surface area contributed by atoms with Gasteiger partial charge in [-0.15, -0.1) is 0 Å². The van der Waals surface area contributed by atoms with Crippen LogP contribution in [0.15, 0.2) is 0 Å². The van der Waals surface area contributed by atoms with Gasteiger partial charge in [0.05, 0.1) is 0 Å². The van der Waals surface area contributed by atoms with Crippen molar-refractivity contribution >= 4 is 0 Å². The second-order valence-corrected chi connectivity index (χ2v) is 6.47. The minimum absolute atomic E-state index is 0.433. The fraction of sp³-hybridized carbons (Fsp3) is 0.875. The fourth-order valence-electron chi connectivity index (χ4n) is 3.57. The van der Waals surface area contributed by atoms with E-state index in [0.717, 1.165) is 11.8 Å². The molecular weight excluding hydrogens is 192 g/mol. The van der Waals surface area contributed by atoms with Crippen LogP contribution in [-0.2, 0) is 0 Å². The molecule has 2 aliphatic rings. The molecule has 0 N–H and O–H groups in total. The molecule has 2 saturated carbocycles. The lowest BCUT2D eigenvalue weighted by atomic mass is 9.78. The molecule has 90 valence electrons. The zero-order valence-corrected chi connectivity index (χ0v) is 11.3. The molecule has 0 spiro atoms. The Morgan fingerprint density at radius 2 is 1.88 bits per heavy atom. The van der Waals surface area contributed by atoms with E-state index in [2.05, 4.69) is 39.5 Å². The predicted molar refractivity (Wildman–Crippen MR) is 70.0 cm³/mol. The highest BCUT2D eigenvalue weighted by molar-refractivity contribution is 5.20. The van der Waals surface area contributed by atoms with E-state index in [1.807, 2.05) is 0 Å². The maximum absolute atomic E-state index is 3.72. The Kier molecular flexibility index (Phi) is 3.34. The average Bonchev–Trinajstić information content (AvgIpc) is 2.77. The summed E-state index contributed by atoms with van der Waals surface area (Å²) in [6.45, 7) is 9.27. The van der Waals surface area contributed by atoms with Crippen LogP contribution in [0.4, 0.5) is 0 Å². The maximum Gasteiger partial charge on any atom is 0.0345 e. The topological polar surface area (TPSA) is 0 Å². The maximum atomic E-state index is 3.72. The highest BCUT2D eigenvalue weighted by Crippen LogP contribution is 2.56. The molecule has 0 amide bonds. The zero-order valence-electron chi connectivity index (χ0n) is 11.3. The third-order valence-corrected chi connectivity index (χ3v) is 5.13. The van der Waals surface area contributed by atoms with Crippen LogP contribution in [0.25, 0.3) is 0 Å². The molecule has 4 atom stereocenters. The highest BCUT2D eigenvalue weighted by Gasteiger charge is 2.48. The summed E-state index contributed by atoms with van der Waals surface area (Å²) in [5.74, 6) is 10.4. The van der Waals surface area contributed by atoms with Gasteiger partial charge in [0.1, 0.15) is 0 Å². The van der Waals surface area contributed by atoms with E-state index in [4.69, 9.17) is 0 Å². The molecule has 0 radical (unpaired) electrons. The Hall–Kier alpha value is -0.440. The number of rotatable bonds is 1. The summed E-state index contributed by atoms with van der Waals surface area (Å²) in [5, 5.41) is 0. The van der Waals surface area contributed by atoms with Gasteiger partial charge in [-0.2, -0.15) is 0 Å². The van der Waals surface area contributed by atoms with Crippen molar-refractivity contribution in [2.45, 2.75) is 59.8 Å². The van der Waals surface area contributed by atoms with Gasteiger partial charge in [-0.25, -0.2) is 0 Å². The molecule has 0 aliphatic heterocycles. The standard InChI is InChI=1S/C16H26/c1-12(2)13(3)7-10-16-9-5-6-15(16)14(4)8-11-16/h12-15H,5-6,8-9,11H2,1-4H3. The molecule has 0 aromatic carbocycles. The lowest BCUT2D eigenvalue weighted by Crippen LogP contribution is -2.20. The Bertz CT molecular complexity index is 304. The number of fused-ring (bicyclic) bond motifs is 1. The molecule has 16 heavy (non-hydrogen) atoms. The first kappa shape index (κ1) is 12.0. The third kappa shape index (κ3) is 2.02. The van der Waals surface area contributed by atoms with Crippen LogP contribution in [-0.4, -0.2) is 0 Å². The van der Waals surface area contributed by atoms with Gasteiger partial charge in [-0.3, -0.25) is 0 Å². The first-order chi connectivity index (χ1) is 7.55. The van der Waals surface area contributed by atoms with E-state index in [1.165, 1.54) is 32.1 Å². The van der Waals surface area contributed by atoms with Gasteiger partial charge in [-0.1, -0.05) is 46.0 Å². The monoisotopic (exact) mass is 218 g/mol. The SMILES string of the molecule is CC(C)C(C)C#CC12CCCC1C(C)CC2. The fourth-order valence-corrected chi connectivity index (χ4v) is 3.57. The van der Waals surface area contributed by atoms with Crippen LogP contribution in [0.5, 0.6) is 0 Å². The summed E-state index contributed by atoms with van der Waals surface area (Å²) in [4.78, 5) is 0. The molecule has 2 rings (SSSR count). The number of hydrogen-bond donors (Lipinski definition) is 0. The van der Waals surface area contributed by atoms with Crippen molar-refractivity contribution in [3.63, 3.8) is 0 Å². The minimum atomic E-state index is 0.433. The summed E-state index contributed by atoms with van der Waals surface area (Å²) >= 11 is 0. The summed E-state index contributed by atoms with van der Waals surface area (Å²) in [7, 11) is 0. The lowest BCUT2D eigenvalue weighted by molar-refractivity contribution is 0.302. The van der Waals surface area contributed by atoms with Gasteiger partial charge in [0.25, 0.3) is 0 Å². The predicted octanol–water partition coefficient (Wildman–Crippen LogP) is 4.50. The van der Waals surface area contributed by atoms with Crippen molar-refractivity contribution in [2.75, 3.05) is 0 Å². The smallest absolute Gasteiger partial charge is 0.0345 e. The van der Waals surface area contributed by atoms with Gasteiger partial charge < -0.3 is 0 Å². The first-order valence-corrected chi connectivity index (χ1v) is 7.08. The van der Waals surface area contributed by atoms with Gasteiger partial charge >= 0.3 is 0 Å². The summed E-state index contributed by atoms with van der Waals surface area (Å²) in [6, 6.07) is 0. The van der Waals surface area contributed by atoms with Crippen LogP contribution in [0.1, 0.15) is 59.8 Å². The van der Waals surface area contributed by atoms with Crippen molar-refractivity contribution in [3.05, 3.63) is 0 Å². The molecule has 2 fully saturated rings. The van der Waals surface area contributed by atoms with Crippen LogP contribution < -0.4 is 0 Å². The van der Waals surface area contributed by atoms with Crippen molar-refractivity contribution in [2.24, 2.45) is 29.1 Å². The third-order valence-electron chi connectivity index (χ3n) is 5.13. The van der Waals surface area contributed by atoms with Gasteiger partial charge in [0, 0.05) is 11.3 Å². The molecule has 2 aliphatic carbocycles. The van der Waals surface area contributed by atoms with Crippen molar-refractivity contribution < 1.29 is 0 Å². The molecule has 0 aromatic heterocycles. The molecule has 0 aromatic rings. The van der Waals surface area contributed by atoms with E-state index in [9.17, 15) is 0 Å². The Morgan fingerprint density at radius 3 is 2.56 bits per heavy atom. The van der Waals surface area contributed by atoms with E-state index in [1.54, 1.807) is 0 Å². The van der Waals surface area contributed by atoms with Crippen LogP contribution in [0.2, 0.25) is 0 Å². The molecule has 0 heterocycles. The average molecular weight is 218 g/mol. The van der Waals surface area contributed by atoms with Gasteiger partial charge in [0.15, 0.2) is 0 Å². The molecule has 0 saturated heterocycles. The van der Waals surface area contributed by atoms with Crippen molar-refractivity contribution in [3.8, 4) is 11.8 Å². The Balaban J connectivity index is 2.13. The van der Waals surface area contributed by atoms with Crippen LogP contribution in [0, 0.1) is 40.9 Å². The largest absolute Gasteiger partial charge is 0.0993 e. The molecular formula is C16H26. The van der Waals surface area contributed by atoms with E-state index >= 15 is 0 Å². The van der Waals surface area contributed by atoms with Crippen LogP contribution in [0.3, 0.4) is 0 Å². The molecule has 0 bridgehead atoms. The van der Waals surface area contributed by atoms with E-state index in [-0.39, 0.29) is 0 Å². The van der Waals surface area contributed by atoms with E-state index in [0.29, 0.717) is 17.3 Å². The second-order valence-electron chi connectivity index (χ2n) is 6.47. The minimum Gasteiger partial charge on any atom is -0.0993 e. The molecule has 4 unspecified atom stereocenters. The summed E-state index contributed by atoms with van der Waals surface area (Å²) < 4.78 is 0. The normalized spacial score (nSPS) is 39.3. The van der Waals surface area contributed by atoms with Crippen LogP contribution >= 0.6 is 0 Å². The van der Waals surface area contributed by atoms with Crippen molar-refractivity contribution in [1.29, 1.82) is 0 Å². The molecule has 0 heteroatoms. The zero-order chi connectivity index (χ0) is 11.8. The lowest BCUT2D eigenvalue weighted by Gasteiger charge is -2.24. The molecule has 0 nitrogen and oxygen atoms in total. The summed E-state index contributed by atoms with van der Waals surface area (Å²) in [5.41, 5.74) is 0.433. The van der Waals surface area contributed by atoms with Gasteiger partial charge in [-0.05, 0) is 43.4 Å². The van der Waals surface area contributed by atoms with Gasteiger partial charge in [0.2, 0.25) is 0 Å². The van der Waals surface area contributed by atoms with E-state index < -0.39 is 0 Å². The quantitative estimate of drug-likeness (QED) is 0.569. The van der Waals surface area contributed by atoms with Crippen molar-refractivity contribution in [1.82, 2.24) is 0 Å². The second kappa shape index (κ2) is 4.44.